The van der Waals surface area contributed by atoms with E-state index in [0.29, 0.717) is 12.0 Å². The zero-order valence-electron chi connectivity index (χ0n) is 17.1. The van der Waals surface area contributed by atoms with Crippen LogP contribution in [0.25, 0.3) is 0 Å². The van der Waals surface area contributed by atoms with Gasteiger partial charge in [-0.25, -0.2) is 0 Å². The van der Waals surface area contributed by atoms with Crippen molar-refractivity contribution in [3.05, 3.63) is 65.3 Å². The Bertz CT molecular complexity index is 670. The molecule has 0 aliphatic carbocycles. The summed E-state index contributed by atoms with van der Waals surface area (Å²) in [6.07, 6.45) is 10.7. The number of carbonyl (C=O) groups excluding carboxylic acids is 1. The monoisotopic (exact) mass is 354 g/mol. The second kappa shape index (κ2) is 10.2. The molecule has 1 aromatic rings. The Morgan fingerprint density at radius 3 is 2.46 bits per heavy atom. The van der Waals surface area contributed by atoms with Crippen molar-refractivity contribution in [1.29, 1.82) is 0 Å². The number of aromatic hydroxyl groups is 1. The first kappa shape index (κ1) is 22.0. The fourth-order valence-corrected chi connectivity index (χ4v) is 3.07. The molecule has 0 saturated carbocycles. The van der Waals surface area contributed by atoms with Gasteiger partial charge in [-0.2, -0.15) is 0 Å². The zero-order valence-corrected chi connectivity index (χ0v) is 17.1. The van der Waals surface area contributed by atoms with Gasteiger partial charge in [-0.05, 0) is 70.4 Å². The van der Waals surface area contributed by atoms with Crippen LogP contribution in [-0.4, -0.2) is 10.9 Å². The van der Waals surface area contributed by atoms with E-state index in [0.717, 1.165) is 31.2 Å². The Morgan fingerprint density at radius 2 is 1.88 bits per heavy atom. The van der Waals surface area contributed by atoms with Crippen molar-refractivity contribution in [2.24, 2.45) is 5.41 Å². The van der Waals surface area contributed by atoms with Gasteiger partial charge in [0.15, 0.2) is 5.78 Å². The number of phenols is 1. The number of carbonyl (C=O) groups is 1. The van der Waals surface area contributed by atoms with Crippen molar-refractivity contribution in [3.63, 3.8) is 0 Å². The summed E-state index contributed by atoms with van der Waals surface area (Å²) in [6, 6.07) is 5.19. The fourth-order valence-electron chi connectivity index (χ4n) is 3.07. The molecule has 0 spiro atoms. The van der Waals surface area contributed by atoms with Gasteiger partial charge in [0.2, 0.25) is 0 Å². The first-order valence-electron chi connectivity index (χ1n) is 9.43. The smallest absolute Gasteiger partial charge is 0.167 e. The molecule has 0 aliphatic rings. The molecule has 0 amide bonds. The van der Waals surface area contributed by atoms with Crippen molar-refractivity contribution < 1.29 is 9.90 Å². The highest BCUT2D eigenvalue weighted by atomic mass is 16.3. The lowest BCUT2D eigenvalue weighted by molar-refractivity contribution is 0.0937. The molecule has 1 rings (SSSR count). The average Bonchev–Trinajstić information content (AvgIpc) is 2.54. The third-order valence-corrected chi connectivity index (χ3v) is 4.89. The van der Waals surface area contributed by atoms with Crippen LogP contribution in [0.5, 0.6) is 5.75 Å². The lowest BCUT2D eigenvalue weighted by atomic mass is 9.79. The summed E-state index contributed by atoms with van der Waals surface area (Å²) in [5, 5.41) is 10.0. The van der Waals surface area contributed by atoms with Gasteiger partial charge in [-0.3, -0.25) is 4.79 Å². The maximum absolute atomic E-state index is 12.7. The van der Waals surface area contributed by atoms with E-state index in [1.807, 2.05) is 19.1 Å². The van der Waals surface area contributed by atoms with Crippen LogP contribution in [0.2, 0.25) is 0 Å². The molecule has 0 heterocycles. The Morgan fingerprint density at radius 1 is 1.19 bits per heavy atom. The minimum atomic E-state index is -0.275. The number of allylic oxidation sites excluding steroid dienone is 5. The molecule has 0 saturated heterocycles. The van der Waals surface area contributed by atoms with Crippen molar-refractivity contribution in [1.82, 2.24) is 0 Å². The number of rotatable bonds is 10. The molecule has 2 nitrogen and oxygen atoms in total. The van der Waals surface area contributed by atoms with E-state index in [1.54, 1.807) is 12.1 Å². The lowest BCUT2D eigenvalue weighted by Crippen LogP contribution is -2.19. The first-order valence-corrected chi connectivity index (χ1v) is 9.43. The van der Waals surface area contributed by atoms with Crippen LogP contribution in [0.1, 0.15) is 75.7 Å². The molecule has 0 bridgehead atoms. The zero-order chi connectivity index (χ0) is 19.7. The molecule has 0 radical (unpaired) electrons. The Hall–Kier alpha value is -2.09. The average molecular weight is 355 g/mol. The van der Waals surface area contributed by atoms with Gasteiger partial charge in [0.1, 0.15) is 5.75 Å². The highest BCUT2D eigenvalue weighted by Crippen LogP contribution is 2.33. The van der Waals surface area contributed by atoms with Crippen molar-refractivity contribution in [3.8, 4) is 5.75 Å². The van der Waals surface area contributed by atoms with E-state index in [2.05, 4.69) is 46.4 Å². The van der Waals surface area contributed by atoms with E-state index >= 15 is 0 Å². The van der Waals surface area contributed by atoms with Gasteiger partial charge in [0, 0.05) is 6.42 Å². The van der Waals surface area contributed by atoms with Gasteiger partial charge in [-0.15, -0.1) is 6.58 Å². The van der Waals surface area contributed by atoms with Gasteiger partial charge < -0.3 is 5.11 Å². The Balaban J connectivity index is 2.69. The molecule has 1 N–H and O–H groups in total. The third-order valence-electron chi connectivity index (χ3n) is 4.89. The summed E-state index contributed by atoms with van der Waals surface area (Å²) in [5.41, 5.74) is 3.72. The minimum Gasteiger partial charge on any atom is -0.507 e. The lowest BCUT2D eigenvalue weighted by Gasteiger charge is -2.25. The van der Waals surface area contributed by atoms with E-state index in [-0.39, 0.29) is 16.9 Å². The van der Waals surface area contributed by atoms with Gasteiger partial charge in [-0.1, -0.05) is 48.4 Å². The molecule has 0 aliphatic heterocycles. The van der Waals surface area contributed by atoms with Crippen molar-refractivity contribution in [2.45, 2.75) is 66.7 Å². The molecule has 1 aromatic carbocycles. The first-order chi connectivity index (χ1) is 12.2. The van der Waals surface area contributed by atoms with Crippen molar-refractivity contribution in [2.75, 3.05) is 0 Å². The van der Waals surface area contributed by atoms with E-state index in [9.17, 15) is 9.90 Å². The highest BCUT2D eigenvalue weighted by Gasteiger charge is 2.26. The number of aryl methyl sites for hydroxylation is 1. The summed E-state index contributed by atoms with van der Waals surface area (Å²) in [4.78, 5) is 12.7. The number of benzene rings is 1. The molecule has 2 heteroatoms. The molecule has 1 unspecified atom stereocenters. The van der Waals surface area contributed by atoms with Crippen LogP contribution in [-0.2, 0) is 0 Å². The van der Waals surface area contributed by atoms with E-state index in [1.165, 1.54) is 11.1 Å². The van der Waals surface area contributed by atoms with Crippen LogP contribution < -0.4 is 0 Å². The van der Waals surface area contributed by atoms with Crippen LogP contribution >= 0.6 is 0 Å². The maximum Gasteiger partial charge on any atom is 0.167 e. The molecule has 26 heavy (non-hydrogen) atoms. The van der Waals surface area contributed by atoms with Gasteiger partial charge in [0.25, 0.3) is 0 Å². The van der Waals surface area contributed by atoms with Crippen LogP contribution in [0.15, 0.2) is 54.2 Å². The van der Waals surface area contributed by atoms with Crippen molar-refractivity contribution >= 4 is 5.78 Å². The number of hydrogen-bond donors (Lipinski definition) is 1. The second-order valence-electron chi connectivity index (χ2n) is 7.84. The normalized spacial score (nSPS) is 13.8. The third kappa shape index (κ3) is 7.03. The molecule has 142 valence electrons. The quantitative estimate of drug-likeness (QED) is 0.365. The summed E-state index contributed by atoms with van der Waals surface area (Å²) in [7, 11) is 0. The predicted octanol–water partition coefficient (Wildman–Crippen LogP) is 6.94. The number of ketones is 1. The molecular weight excluding hydrogens is 320 g/mol. The predicted molar refractivity (Wildman–Crippen MR) is 112 cm³/mol. The number of hydrogen-bond acceptors (Lipinski definition) is 2. The summed E-state index contributed by atoms with van der Waals surface area (Å²) in [6.45, 7) is 14.3. The highest BCUT2D eigenvalue weighted by molar-refractivity contribution is 6.00. The second-order valence-corrected chi connectivity index (χ2v) is 7.84. The van der Waals surface area contributed by atoms with Crippen LogP contribution in [0.4, 0.5) is 0 Å². The largest absolute Gasteiger partial charge is 0.507 e. The maximum atomic E-state index is 12.7. The molecule has 0 fully saturated rings. The van der Waals surface area contributed by atoms with E-state index in [4.69, 9.17) is 0 Å². The topological polar surface area (TPSA) is 37.3 Å². The number of Topliss-reactive ketones (excluding diaryl/α,β-unsaturated/α-hetero) is 1. The summed E-state index contributed by atoms with van der Waals surface area (Å²) in [5.74, 6) is 0.0451. The SMILES string of the molecule is C=CC(C)(CC/C=C(\C)CCC=C(C)C)CC(=O)c1c(C)cccc1O. The molecule has 0 aromatic heterocycles. The molecular formula is C24H34O2. The standard InChI is InChI=1S/C24H34O2/c1-7-24(6,16-10-13-19(4)12-8-11-18(2)3)17-22(26)23-20(5)14-9-15-21(23)25/h7,9,11,13-15,25H,1,8,10,12,16-17H2,2-6H3/b19-13+. The van der Waals surface area contributed by atoms with Crippen LogP contribution in [0, 0.1) is 12.3 Å². The van der Waals surface area contributed by atoms with Gasteiger partial charge in [0.05, 0.1) is 5.56 Å². The Kier molecular flexibility index (Phi) is 8.57. The van der Waals surface area contributed by atoms with Crippen LogP contribution in [0.3, 0.4) is 0 Å². The fraction of sp³-hybridized carbons (Fsp3) is 0.458. The minimum absolute atomic E-state index is 0.0211. The number of phenolic OH excluding ortho intramolecular Hbond substituents is 1. The summed E-state index contributed by atoms with van der Waals surface area (Å²) >= 11 is 0. The summed E-state index contributed by atoms with van der Waals surface area (Å²) < 4.78 is 0. The molecule has 1 atom stereocenters. The van der Waals surface area contributed by atoms with E-state index < -0.39 is 0 Å². The Labute approximate surface area is 159 Å². The van der Waals surface area contributed by atoms with Gasteiger partial charge >= 0.3 is 0 Å².